The molecule has 0 heterocycles. The Labute approximate surface area is 281 Å². The van der Waals surface area contributed by atoms with Crippen molar-refractivity contribution in [2.75, 3.05) is 0 Å². The molecule has 31 heavy (non-hydrogen) atoms. The summed E-state index contributed by atoms with van der Waals surface area (Å²) in [5.74, 6) is -2.78. The van der Waals surface area contributed by atoms with Crippen molar-refractivity contribution in [3.05, 3.63) is 0 Å². The third-order valence-corrected chi connectivity index (χ3v) is 178. The van der Waals surface area contributed by atoms with Gasteiger partial charge >= 0.3 is 0 Å². The standard InChI is InChI=1S/HPS30/c2-1(3)23(4,5)25(9,10)27(13,14)29(17,18)31(21,22)30(19,20)28(15,16)26(11,12)24(6,7)8/h(H,6,7,8). The van der Waals surface area contributed by atoms with Crippen molar-refractivity contribution in [2.24, 2.45) is 0 Å². The Bertz CT molecular complexity index is 1840. The Morgan fingerprint density at radius 1 is 0.355 bits per heavy atom. The van der Waals surface area contributed by atoms with Crippen molar-refractivity contribution in [1.29, 1.82) is 0 Å². The lowest BCUT2D eigenvalue weighted by Crippen LogP contribution is -2.35. The third-order valence-electron chi connectivity index (χ3n) is 2.20. The van der Waals surface area contributed by atoms with Crippen LogP contribution in [-0.4, -0.2) is 0 Å². The number of hydrogen-bond acceptors (Lipinski definition) is 20. The van der Waals surface area contributed by atoms with Crippen LogP contribution in [0.4, 0.5) is 0 Å². The fourth-order valence-corrected chi connectivity index (χ4v) is 193. The number of hydrogen-bond donors (Lipinski definition) is 1. The van der Waals surface area contributed by atoms with E-state index in [-0.39, 0.29) is 0 Å². The first-order valence-corrected chi connectivity index (χ1v) is 45.6. The quantitative estimate of drug-likeness (QED) is 0.200. The van der Waals surface area contributed by atoms with E-state index in [1.165, 1.54) is 0 Å². The normalized spacial score (nSPS) is 15.9. The summed E-state index contributed by atoms with van der Waals surface area (Å²) in [4.78, 5) is 0. The summed E-state index contributed by atoms with van der Waals surface area (Å²) in [6, 6.07) is 0. The summed E-state index contributed by atoms with van der Waals surface area (Å²) in [6.07, 6.45) is 0. The van der Waals surface area contributed by atoms with E-state index < -0.39 is 52.2 Å². The summed E-state index contributed by atoms with van der Waals surface area (Å²) < 4.78 is -1.75. The molecule has 0 amide bonds. The maximum Gasteiger partial charge on any atom is 0.0883 e. The topological polar surface area (TPSA) is 0 Å². The van der Waals surface area contributed by atoms with Crippen LogP contribution in [0.2, 0.25) is 0 Å². The van der Waals surface area contributed by atoms with Crippen molar-refractivity contribution in [2.45, 2.75) is 0 Å². The van der Waals surface area contributed by atoms with Crippen LogP contribution in [0.15, 0.2) is 0 Å². The van der Waals surface area contributed by atoms with Gasteiger partial charge in [0.2, 0.25) is 0 Å². The highest BCUT2D eigenvalue weighted by Crippen LogP contribution is 2.40. The Morgan fingerprint density at radius 3 is 0.742 bits per heavy atom. The van der Waals surface area contributed by atoms with Gasteiger partial charge in [-0.15, -0.1) is 0 Å². The Kier molecular flexibility index (Phi) is 15.7. The molecule has 0 aliphatic heterocycles. The second-order valence-corrected chi connectivity index (χ2v) is 106. The highest BCUT2D eigenvalue weighted by atomic mass is 34.4. The van der Waals surface area contributed by atoms with Gasteiger partial charge < -0.3 is 0 Å². The van der Waals surface area contributed by atoms with Gasteiger partial charge in [0.1, 0.15) is 0 Å². The summed E-state index contributed by atoms with van der Waals surface area (Å²) >= 11 is 115. The first-order valence-electron chi connectivity index (χ1n) is 5.06. The fraction of sp³-hybridized carbons (Fsp3) is 0. The van der Waals surface area contributed by atoms with Crippen molar-refractivity contribution >= 4 is 289 Å². The molecule has 0 aliphatic rings. The highest BCUT2D eigenvalue weighted by Gasteiger charge is 2.40. The van der Waals surface area contributed by atoms with E-state index in [0.29, 0.717) is 0 Å². The molecular weight excluding hydrogens is 993 g/mol. The Hall–Kier alpha value is 8.20. The average molecular weight is 994 g/mol. The second-order valence-electron chi connectivity index (χ2n) is 3.94. The molecule has 31 heteroatoms. The molecule has 0 spiro atoms. The summed E-state index contributed by atoms with van der Waals surface area (Å²) in [5.41, 5.74) is 0. The maximum absolute atomic E-state index is 5.74. The zero-order valence-electron chi connectivity index (χ0n) is 12.7. The molecule has 0 radical (unpaired) electrons. The molecule has 0 fully saturated rings. The van der Waals surface area contributed by atoms with E-state index in [0.717, 1.165) is 0 Å². The molecule has 0 unspecified atom stereocenters. The third kappa shape index (κ3) is 6.74. The lowest BCUT2D eigenvalue weighted by molar-refractivity contribution is 5.01. The van der Waals surface area contributed by atoms with Gasteiger partial charge in [-0.3, -0.25) is 0 Å². The van der Waals surface area contributed by atoms with Gasteiger partial charge in [-0.2, -0.15) is 0 Å². The molecule has 0 saturated heterocycles. The van der Waals surface area contributed by atoms with Gasteiger partial charge in [-0.05, 0) is 225 Å². The van der Waals surface area contributed by atoms with Gasteiger partial charge in [0, 0.05) is 47.5 Å². The van der Waals surface area contributed by atoms with E-state index in [1.54, 1.807) is 0 Å². The van der Waals surface area contributed by atoms with Crippen molar-refractivity contribution in [1.82, 2.24) is 0 Å². The number of thiol groups is 1. The lowest BCUT2D eigenvalue weighted by atomic mass is 29.7. The van der Waals surface area contributed by atoms with Crippen LogP contribution in [0.3, 0.4) is 0 Å². The van der Waals surface area contributed by atoms with Crippen LogP contribution < -0.4 is 0 Å². The molecule has 0 nitrogen and oxygen atoms in total. The van der Waals surface area contributed by atoms with E-state index >= 15 is 0 Å². The molecule has 186 valence electrons. The average Bonchev–Trinajstić information content (AvgIpc) is 2.52. The molecule has 0 aromatic carbocycles. The van der Waals surface area contributed by atoms with Crippen LogP contribution in [0, 0.1) is 0 Å². The molecule has 0 saturated carbocycles. The zero-order valence-corrected chi connectivity index (χ0v) is 38.2. The van der Waals surface area contributed by atoms with Gasteiger partial charge in [0.25, 0.3) is 0 Å². The predicted molar refractivity (Wildman–Crippen MR) is 229 cm³/mol. The molecule has 0 aliphatic carbocycles. The fourth-order valence-electron chi connectivity index (χ4n) is 0.795. The molecule has 0 rings (SSSR count). The van der Waals surface area contributed by atoms with E-state index in [1.807, 2.05) is 0 Å². The van der Waals surface area contributed by atoms with Crippen LogP contribution >= 0.6 is 16.3 Å². The summed E-state index contributed by atoms with van der Waals surface area (Å²) in [6.45, 7) is 0. The van der Waals surface area contributed by atoms with Gasteiger partial charge in [-0.1, -0.05) is 11.7 Å². The first-order chi connectivity index (χ1) is 12.9. The van der Waals surface area contributed by atoms with E-state index in [4.69, 9.17) is 225 Å². The SMILES string of the molecule is S=P(=S)S(=S)(=S)S(=S)(=S)S(=S)(=S)S(=S)(=S)S(=S)(=S)S(=S)(=S)S(=S)(=S)S(=S)(=S)S(=S)(=S)S. The van der Waals surface area contributed by atoms with Crippen molar-refractivity contribution in [3.63, 3.8) is 0 Å². The Balaban J connectivity index is 7.79. The second kappa shape index (κ2) is 12.4. The van der Waals surface area contributed by atoms with Gasteiger partial charge in [0.15, 0.2) is 0 Å². The molecule has 0 N–H and O–H groups in total. The minimum absolute atomic E-state index is 1.75. The molecule has 0 aromatic rings. The molecule has 0 bridgehead atoms. The maximum atomic E-state index is 5.74. The zero-order chi connectivity index (χ0) is 26.1. The van der Waals surface area contributed by atoms with Crippen LogP contribution in [0.1, 0.15) is 0 Å². The van der Waals surface area contributed by atoms with Gasteiger partial charge in [-0.25, -0.2) is 0 Å². The minimum atomic E-state index is -3.29. The number of rotatable bonds is 9. The minimum Gasteiger partial charge on any atom is -0.0917 e. The van der Waals surface area contributed by atoms with Crippen LogP contribution in [0.5, 0.6) is 0 Å². The van der Waals surface area contributed by atoms with Crippen molar-refractivity contribution in [3.8, 4) is 0 Å². The predicted octanol–water partition coefficient (Wildman–Crippen LogP) is 1.17. The van der Waals surface area contributed by atoms with Crippen LogP contribution in [-0.2, 0) is 272 Å². The van der Waals surface area contributed by atoms with Crippen LogP contribution in [0.25, 0.3) is 0 Å². The smallest absolute Gasteiger partial charge is 0.0883 e. The highest BCUT2D eigenvalue weighted by molar-refractivity contribution is 9.73. The largest absolute Gasteiger partial charge is 0.0917 e. The molecular formula is HPS30. The summed E-state index contributed by atoms with van der Waals surface area (Å²) in [7, 11) is 0. The summed E-state index contributed by atoms with van der Waals surface area (Å²) in [5, 5.41) is -24.9. The van der Waals surface area contributed by atoms with E-state index in [9.17, 15) is 0 Å². The first kappa shape index (κ1) is 39.2. The monoisotopic (exact) mass is 991 g/mol. The van der Waals surface area contributed by atoms with Gasteiger partial charge in [0.05, 0.1) is 4.67 Å². The van der Waals surface area contributed by atoms with Crippen molar-refractivity contribution < 1.29 is 0 Å². The molecule has 0 atom stereocenters. The Morgan fingerprint density at radius 2 is 0.548 bits per heavy atom. The molecule has 0 aromatic heterocycles. The lowest BCUT2D eigenvalue weighted by Gasteiger charge is -2.32. The van der Waals surface area contributed by atoms with E-state index in [2.05, 4.69) is 11.7 Å².